The minimum atomic E-state index is 0.861. The summed E-state index contributed by atoms with van der Waals surface area (Å²) in [5, 5.41) is 1.09. The van der Waals surface area contributed by atoms with Crippen LogP contribution in [-0.2, 0) is 6.54 Å². The molecule has 0 aromatic carbocycles. The highest BCUT2D eigenvalue weighted by molar-refractivity contribution is 9.09. The summed E-state index contributed by atoms with van der Waals surface area (Å²) in [4.78, 5) is 6.69. The molecule has 16 heavy (non-hydrogen) atoms. The van der Waals surface area contributed by atoms with E-state index in [1.807, 2.05) is 18.7 Å². The van der Waals surface area contributed by atoms with E-state index in [-0.39, 0.29) is 0 Å². The van der Waals surface area contributed by atoms with Crippen molar-refractivity contribution in [3.8, 4) is 0 Å². The fraction of sp³-hybridized carbons (Fsp3) is 0.750. The third kappa shape index (κ3) is 3.32. The number of hydrogen-bond donors (Lipinski definition) is 0. The van der Waals surface area contributed by atoms with Gasteiger partial charge in [0.1, 0.15) is 0 Å². The van der Waals surface area contributed by atoms with Crippen molar-refractivity contribution in [1.82, 2.24) is 14.5 Å². The first-order valence-corrected chi connectivity index (χ1v) is 7.28. The molecule has 0 radical (unpaired) electrons. The van der Waals surface area contributed by atoms with Gasteiger partial charge in [-0.05, 0) is 19.3 Å². The first-order chi connectivity index (χ1) is 7.90. The number of aryl methyl sites for hydroxylation is 1. The van der Waals surface area contributed by atoms with Crippen LogP contribution in [0.3, 0.4) is 0 Å². The van der Waals surface area contributed by atoms with Gasteiger partial charge in [-0.3, -0.25) is 4.90 Å². The predicted octanol–water partition coefficient (Wildman–Crippen LogP) is 2.52. The smallest absolute Gasteiger partial charge is 0.0945 e. The van der Waals surface area contributed by atoms with Crippen LogP contribution in [0.4, 0.5) is 0 Å². The van der Waals surface area contributed by atoms with Crippen molar-refractivity contribution in [2.45, 2.75) is 38.3 Å². The van der Waals surface area contributed by atoms with Crippen molar-refractivity contribution in [1.29, 1.82) is 0 Å². The second-order valence-electron chi connectivity index (χ2n) is 4.46. The van der Waals surface area contributed by atoms with Gasteiger partial charge in [0.15, 0.2) is 0 Å². The molecule has 1 saturated carbocycles. The number of alkyl halides is 1. The molecule has 90 valence electrons. The maximum Gasteiger partial charge on any atom is 0.0945 e. The summed E-state index contributed by atoms with van der Waals surface area (Å²) < 4.78 is 2.16. The van der Waals surface area contributed by atoms with Crippen LogP contribution in [0.5, 0.6) is 0 Å². The van der Waals surface area contributed by atoms with Gasteiger partial charge in [0, 0.05) is 43.4 Å². The maximum atomic E-state index is 4.06. The zero-order chi connectivity index (χ0) is 11.2. The van der Waals surface area contributed by atoms with Gasteiger partial charge in [-0.1, -0.05) is 22.4 Å². The summed E-state index contributed by atoms with van der Waals surface area (Å²) in [6.45, 7) is 3.49. The number of rotatable bonds is 7. The minimum Gasteiger partial charge on any atom is -0.337 e. The van der Waals surface area contributed by atoms with Crippen LogP contribution in [0.1, 0.15) is 25.7 Å². The van der Waals surface area contributed by atoms with E-state index in [1.165, 1.54) is 38.8 Å². The third-order valence-corrected chi connectivity index (χ3v) is 3.74. The second-order valence-corrected chi connectivity index (χ2v) is 5.26. The highest BCUT2D eigenvalue weighted by Crippen LogP contribution is 2.24. The van der Waals surface area contributed by atoms with Gasteiger partial charge in [0.2, 0.25) is 0 Å². The van der Waals surface area contributed by atoms with E-state index in [4.69, 9.17) is 0 Å². The monoisotopic (exact) mass is 285 g/mol. The number of hydrogen-bond acceptors (Lipinski definition) is 2. The third-order valence-electron chi connectivity index (χ3n) is 3.38. The van der Waals surface area contributed by atoms with Crippen molar-refractivity contribution < 1.29 is 0 Å². The standard InChI is InChI=1S/C12H20BrN3/c13-5-9-16(12-3-1-4-12)8-2-7-15-10-6-14-11-15/h6,10-12H,1-5,7-9H2. The van der Waals surface area contributed by atoms with Gasteiger partial charge in [0.25, 0.3) is 0 Å². The molecule has 0 saturated heterocycles. The summed E-state index contributed by atoms with van der Waals surface area (Å²) in [5.74, 6) is 0. The molecule has 0 amide bonds. The molecule has 1 aliphatic rings. The van der Waals surface area contributed by atoms with Crippen LogP contribution in [0.15, 0.2) is 18.7 Å². The highest BCUT2D eigenvalue weighted by Gasteiger charge is 2.23. The zero-order valence-electron chi connectivity index (χ0n) is 9.69. The van der Waals surface area contributed by atoms with Crippen LogP contribution in [0, 0.1) is 0 Å². The topological polar surface area (TPSA) is 21.1 Å². The fourth-order valence-electron chi connectivity index (χ4n) is 2.21. The highest BCUT2D eigenvalue weighted by atomic mass is 79.9. The molecular weight excluding hydrogens is 266 g/mol. The SMILES string of the molecule is BrCCN(CCCn1ccnc1)C1CCC1. The van der Waals surface area contributed by atoms with Gasteiger partial charge in [-0.25, -0.2) is 4.98 Å². The molecule has 3 nitrogen and oxygen atoms in total. The van der Waals surface area contributed by atoms with Crippen molar-refractivity contribution in [3.63, 3.8) is 0 Å². The molecule has 0 bridgehead atoms. The summed E-state index contributed by atoms with van der Waals surface area (Å²) in [7, 11) is 0. The van der Waals surface area contributed by atoms with Crippen molar-refractivity contribution in [2.75, 3.05) is 18.4 Å². The Morgan fingerprint density at radius 3 is 2.81 bits per heavy atom. The van der Waals surface area contributed by atoms with E-state index in [2.05, 4.69) is 30.4 Å². The molecule has 1 aliphatic carbocycles. The lowest BCUT2D eigenvalue weighted by atomic mass is 9.91. The molecule has 0 atom stereocenters. The Labute approximate surface area is 106 Å². The molecule has 1 aromatic heterocycles. The van der Waals surface area contributed by atoms with Crippen LogP contribution < -0.4 is 0 Å². The van der Waals surface area contributed by atoms with Gasteiger partial charge in [0.05, 0.1) is 6.33 Å². The van der Waals surface area contributed by atoms with Gasteiger partial charge >= 0.3 is 0 Å². The molecule has 0 N–H and O–H groups in total. The normalized spacial score (nSPS) is 16.6. The molecule has 0 unspecified atom stereocenters. The average molecular weight is 286 g/mol. The largest absolute Gasteiger partial charge is 0.337 e. The van der Waals surface area contributed by atoms with E-state index in [0.29, 0.717) is 0 Å². The summed E-state index contributed by atoms with van der Waals surface area (Å²) in [5.41, 5.74) is 0. The van der Waals surface area contributed by atoms with Gasteiger partial charge in [-0.15, -0.1) is 0 Å². The second kappa shape index (κ2) is 6.40. The Morgan fingerprint density at radius 1 is 1.38 bits per heavy atom. The molecule has 0 spiro atoms. The Balaban J connectivity index is 1.69. The Bertz CT molecular complexity index is 282. The van der Waals surface area contributed by atoms with Crippen molar-refractivity contribution in [2.24, 2.45) is 0 Å². The quantitative estimate of drug-likeness (QED) is 0.718. The molecule has 1 aromatic rings. The number of halogens is 1. The van der Waals surface area contributed by atoms with Crippen LogP contribution in [0.25, 0.3) is 0 Å². The van der Waals surface area contributed by atoms with Crippen molar-refractivity contribution in [3.05, 3.63) is 18.7 Å². The lowest BCUT2D eigenvalue weighted by Gasteiger charge is -2.37. The van der Waals surface area contributed by atoms with Gasteiger partial charge < -0.3 is 4.57 Å². The van der Waals surface area contributed by atoms with E-state index < -0.39 is 0 Å². The van der Waals surface area contributed by atoms with E-state index in [1.54, 1.807) is 0 Å². The summed E-state index contributed by atoms with van der Waals surface area (Å²) in [6, 6.07) is 0.861. The summed E-state index contributed by atoms with van der Waals surface area (Å²) >= 11 is 3.55. The van der Waals surface area contributed by atoms with E-state index >= 15 is 0 Å². The minimum absolute atomic E-state index is 0.861. The first kappa shape index (κ1) is 12.1. The lowest BCUT2D eigenvalue weighted by Crippen LogP contribution is -2.42. The molecule has 0 aliphatic heterocycles. The number of imidazole rings is 1. The molecule has 2 rings (SSSR count). The Hall–Kier alpha value is -0.350. The summed E-state index contributed by atoms with van der Waals surface area (Å²) in [6.07, 6.45) is 11.2. The van der Waals surface area contributed by atoms with Crippen LogP contribution in [-0.4, -0.2) is 38.9 Å². The van der Waals surface area contributed by atoms with E-state index in [9.17, 15) is 0 Å². The lowest BCUT2D eigenvalue weighted by molar-refractivity contribution is 0.132. The molecule has 1 heterocycles. The Morgan fingerprint density at radius 2 is 2.25 bits per heavy atom. The van der Waals surface area contributed by atoms with Crippen LogP contribution in [0.2, 0.25) is 0 Å². The van der Waals surface area contributed by atoms with Gasteiger partial charge in [-0.2, -0.15) is 0 Å². The Kier molecular flexibility index (Phi) is 4.85. The predicted molar refractivity (Wildman–Crippen MR) is 69.9 cm³/mol. The molecular formula is C12H20BrN3. The first-order valence-electron chi connectivity index (χ1n) is 6.16. The molecule has 1 fully saturated rings. The molecule has 4 heteroatoms. The number of aromatic nitrogens is 2. The average Bonchev–Trinajstić information content (AvgIpc) is 2.68. The zero-order valence-corrected chi connectivity index (χ0v) is 11.3. The fourth-order valence-corrected chi connectivity index (χ4v) is 2.67. The van der Waals surface area contributed by atoms with Crippen LogP contribution >= 0.6 is 15.9 Å². The van der Waals surface area contributed by atoms with Crippen molar-refractivity contribution >= 4 is 15.9 Å². The maximum absolute atomic E-state index is 4.06. The van der Waals surface area contributed by atoms with E-state index in [0.717, 1.165) is 17.9 Å². The number of nitrogens with zero attached hydrogens (tertiary/aromatic N) is 3.